The van der Waals surface area contributed by atoms with Crippen LogP contribution in [0.5, 0.6) is 11.5 Å². The molecule has 0 bridgehead atoms. The average Bonchev–Trinajstić information content (AvgIpc) is 3.31. The van der Waals surface area contributed by atoms with Gasteiger partial charge in [-0.2, -0.15) is 0 Å². The number of hydrogen-bond acceptors (Lipinski definition) is 7. The molecule has 29 heavy (non-hydrogen) atoms. The van der Waals surface area contributed by atoms with Crippen LogP contribution in [-0.4, -0.2) is 62.5 Å². The Balaban J connectivity index is 1.74. The van der Waals surface area contributed by atoms with Gasteiger partial charge >= 0.3 is 0 Å². The van der Waals surface area contributed by atoms with Crippen LogP contribution in [0.25, 0.3) is 10.6 Å². The van der Waals surface area contributed by atoms with Crippen LogP contribution in [-0.2, 0) is 21.1 Å². The van der Waals surface area contributed by atoms with Gasteiger partial charge in [0.2, 0.25) is 5.91 Å². The lowest BCUT2D eigenvalue weighted by atomic mass is 10.1. The predicted molar refractivity (Wildman–Crippen MR) is 113 cm³/mol. The number of methoxy groups -OCH3 is 2. The van der Waals surface area contributed by atoms with Gasteiger partial charge in [-0.3, -0.25) is 4.79 Å². The molecule has 7 nitrogen and oxygen atoms in total. The molecule has 0 spiro atoms. The number of benzene rings is 1. The van der Waals surface area contributed by atoms with Crippen molar-refractivity contribution in [1.29, 1.82) is 0 Å². The number of rotatable bonds is 8. The summed E-state index contributed by atoms with van der Waals surface area (Å²) in [4.78, 5) is 19.2. The Bertz CT molecular complexity index is 971. The zero-order valence-electron chi connectivity index (χ0n) is 16.9. The standard InChI is InChI=1S/C20H26N2O5S2/c1-4-8-22(16-7-9-29(24,25)13-16)19(23)11-15-12-28-20(21-15)14-5-6-17(26-2)18(10-14)27-3/h5-6,10,12,16H,4,7-9,11,13H2,1-3H3/t16-/m1/s1. The van der Waals surface area contributed by atoms with Gasteiger partial charge in [-0.05, 0) is 31.0 Å². The lowest BCUT2D eigenvalue weighted by Gasteiger charge is -2.27. The number of ether oxygens (including phenoxy) is 2. The predicted octanol–water partition coefficient (Wildman–Crippen LogP) is 2.80. The summed E-state index contributed by atoms with van der Waals surface area (Å²) in [6.45, 7) is 2.55. The minimum atomic E-state index is -3.04. The maximum absolute atomic E-state index is 12.9. The molecule has 1 fully saturated rings. The van der Waals surface area contributed by atoms with Crippen LogP contribution in [0.3, 0.4) is 0 Å². The number of sulfone groups is 1. The van der Waals surface area contributed by atoms with Gasteiger partial charge in [0.05, 0.1) is 37.8 Å². The summed E-state index contributed by atoms with van der Waals surface area (Å²) in [7, 11) is 0.129. The highest BCUT2D eigenvalue weighted by Gasteiger charge is 2.34. The zero-order chi connectivity index (χ0) is 21.0. The van der Waals surface area contributed by atoms with E-state index >= 15 is 0 Å². The normalized spacial score (nSPS) is 17.8. The van der Waals surface area contributed by atoms with Gasteiger partial charge < -0.3 is 14.4 Å². The lowest BCUT2D eigenvalue weighted by Crippen LogP contribution is -2.42. The molecule has 2 aromatic rings. The van der Waals surface area contributed by atoms with Crippen LogP contribution in [0.1, 0.15) is 25.5 Å². The minimum absolute atomic E-state index is 0.0622. The zero-order valence-corrected chi connectivity index (χ0v) is 18.5. The molecule has 1 amide bonds. The highest BCUT2D eigenvalue weighted by Crippen LogP contribution is 2.33. The van der Waals surface area contributed by atoms with Crippen LogP contribution in [0, 0.1) is 0 Å². The van der Waals surface area contributed by atoms with Crippen molar-refractivity contribution in [2.45, 2.75) is 32.2 Å². The number of nitrogens with zero attached hydrogens (tertiary/aromatic N) is 2. The van der Waals surface area contributed by atoms with Crippen molar-refractivity contribution in [3.63, 3.8) is 0 Å². The van der Waals surface area contributed by atoms with Gasteiger partial charge in [0.15, 0.2) is 21.3 Å². The maximum Gasteiger partial charge on any atom is 0.228 e. The molecular weight excluding hydrogens is 412 g/mol. The lowest BCUT2D eigenvalue weighted by molar-refractivity contribution is -0.132. The van der Waals surface area contributed by atoms with Gasteiger partial charge in [0.25, 0.3) is 0 Å². The van der Waals surface area contributed by atoms with Gasteiger partial charge in [-0.25, -0.2) is 13.4 Å². The van der Waals surface area contributed by atoms with Crippen molar-refractivity contribution in [1.82, 2.24) is 9.88 Å². The third-order valence-corrected chi connectivity index (χ3v) is 7.64. The molecule has 2 heterocycles. The first-order chi connectivity index (χ1) is 13.9. The number of aromatic nitrogens is 1. The number of carbonyl (C=O) groups is 1. The fourth-order valence-corrected chi connectivity index (χ4v) is 6.07. The molecular formula is C20H26N2O5S2. The molecule has 0 aliphatic carbocycles. The second-order valence-electron chi connectivity index (χ2n) is 7.03. The van der Waals surface area contributed by atoms with Crippen LogP contribution < -0.4 is 9.47 Å². The molecule has 1 saturated heterocycles. The molecule has 158 valence electrons. The monoisotopic (exact) mass is 438 g/mol. The fraction of sp³-hybridized carbons (Fsp3) is 0.500. The topological polar surface area (TPSA) is 85.8 Å². The Morgan fingerprint density at radius 3 is 2.66 bits per heavy atom. The van der Waals surface area contributed by atoms with Crippen molar-refractivity contribution in [2.24, 2.45) is 0 Å². The first-order valence-electron chi connectivity index (χ1n) is 9.53. The average molecular weight is 439 g/mol. The van der Waals surface area contributed by atoms with Gasteiger partial charge in [0.1, 0.15) is 5.01 Å². The van der Waals surface area contributed by atoms with Crippen molar-refractivity contribution < 1.29 is 22.7 Å². The van der Waals surface area contributed by atoms with E-state index in [-0.39, 0.29) is 29.9 Å². The molecule has 0 N–H and O–H groups in total. The minimum Gasteiger partial charge on any atom is -0.493 e. The van der Waals surface area contributed by atoms with E-state index in [1.807, 2.05) is 30.5 Å². The second-order valence-corrected chi connectivity index (χ2v) is 10.1. The SMILES string of the molecule is CCCN(C(=O)Cc1csc(-c2ccc(OC)c(OC)c2)n1)[C@@H]1CCS(=O)(=O)C1. The highest BCUT2D eigenvalue weighted by atomic mass is 32.2. The summed E-state index contributed by atoms with van der Waals surface area (Å²) in [5.74, 6) is 1.41. The van der Waals surface area contributed by atoms with E-state index in [4.69, 9.17) is 9.47 Å². The molecule has 1 aliphatic heterocycles. The summed E-state index contributed by atoms with van der Waals surface area (Å²) >= 11 is 1.46. The third-order valence-electron chi connectivity index (χ3n) is 4.95. The summed E-state index contributed by atoms with van der Waals surface area (Å²) in [6.07, 6.45) is 1.47. The quantitative estimate of drug-likeness (QED) is 0.630. The highest BCUT2D eigenvalue weighted by molar-refractivity contribution is 7.91. The maximum atomic E-state index is 12.9. The Labute approximate surface area is 175 Å². The van der Waals surface area contributed by atoms with E-state index in [9.17, 15) is 13.2 Å². The van der Waals surface area contributed by atoms with Gasteiger partial charge in [0, 0.05) is 23.5 Å². The van der Waals surface area contributed by atoms with Gasteiger partial charge in [-0.15, -0.1) is 11.3 Å². The third kappa shape index (κ3) is 5.08. The number of carbonyl (C=O) groups excluding carboxylic acids is 1. The number of hydrogen-bond donors (Lipinski definition) is 0. The Kier molecular flexibility index (Phi) is 6.79. The van der Waals surface area contributed by atoms with Crippen molar-refractivity contribution in [2.75, 3.05) is 32.3 Å². The molecule has 9 heteroatoms. The van der Waals surface area contributed by atoms with E-state index in [0.29, 0.717) is 30.2 Å². The summed E-state index contributed by atoms with van der Waals surface area (Å²) in [5, 5.41) is 2.67. The van der Waals surface area contributed by atoms with E-state index in [1.165, 1.54) is 11.3 Å². The van der Waals surface area contributed by atoms with Gasteiger partial charge in [-0.1, -0.05) is 6.92 Å². The second kappa shape index (κ2) is 9.13. The Morgan fingerprint density at radius 2 is 2.03 bits per heavy atom. The molecule has 1 aromatic carbocycles. The molecule has 3 rings (SSSR count). The summed E-state index contributed by atoms with van der Waals surface area (Å²) in [5.41, 5.74) is 1.57. The molecule has 0 saturated carbocycles. The van der Waals surface area contributed by atoms with E-state index < -0.39 is 9.84 Å². The fourth-order valence-electron chi connectivity index (χ4n) is 3.52. The molecule has 0 radical (unpaired) electrons. The molecule has 1 atom stereocenters. The van der Waals surface area contributed by atoms with E-state index in [2.05, 4.69) is 4.98 Å². The Morgan fingerprint density at radius 1 is 1.28 bits per heavy atom. The van der Waals surface area contributed by atoms with Crippen LogP contribution in [0.4, 0.5) is 0 Å². The van der Waals surface area contributed by atoms with Crippen LogP contribution in [0.15, 0.2) is 23.6 Å². The van der Waals surface area contributed by atoms with Crippen molar-refractivity contribution >= 4 is 27.1 Å². The summed E-state index contributed by atoms with van der Waals surface area (Å²) in [6, 6.07) is 5.36. The first-order valence-corrected chi connectivity index (χ1v) is 12.2. The summed E-state index contributed by atoms with van der Waals surface area (Å²) < 4.78 is 34.2. The largest absolute Gasteiger partial charge is 0.493 e. The number of thiazole rings is 1. The molecule has 1 aliphatic rings. The smallest absolute Gasteiger partial charge is 0.228 e. The van der Waals surface area contributed by atoms with E-state index in [0.717, 1.165) is 17.0 Å². The molecule has 0 unspecified atom stereocenters. The van der Waals surface area contributed by atoms with Crippen LogP contribution in [0.2, 0.25) is 0 Å². The van der Waals surface area contributed by atoms with E-state index in [1.54, 1.807) is 19.1 Å². The van der Waals surface area contributed by atoms with Crippen molar-refractivity contribution in [3.05, 3.63) is 29.3 Å². The number of amides is 1. The first kappa shape index (κ1) is 21.6. The molecule has 1 aromatic heterocycles. The van der Waals surface area contributed by atoms with Crippen LogP contribution >= 0.6 is 11.3 Å². The Hall–Kier alpha value is -2.13. The van der Waals surface area contributed by atoms with Crippen molar-refractivity contribution in [3.8, 4) is 22.1 Å².